The number of carbonyl (C=O) groups is 1. The van der Waals surface area contributed by atoms with E-state index in [0.717, 1.165) is 22.4 Å². The fourth-order valence-electron chi connectivity index (χ4n) is 3.64. The molecule has 5 rings (SSSR count). The van der Waals surface area contributed by atoms with Crippen molar-refractivity contribution in [2.24, 2.45) is 15.7 Å². The summed E-state index contributed by atoms with van der Waals surface area (Å²) in [5.74, 6) is 0.510. The Balaban J connectivity index is 1.41. The quantitative estimate of drug-likeness (QED) is 0.323. The van der Waals surface area contributed by atoms with E-state index in [9.17, 15) is 4.79 Å². The second kappa shape index (κ2) is 9.84. The number of allylic oxidation sites excluding steroid dienone is 1. The van der Waals surface area contributed by atoms with Crippen molar-refractivity contribution in [3.63, 3.8) is 0 Å². The van der Waals surface area contributed by atoms with Crippen LogP contribution < -0.4 is 16.4 Å². The number of benzodiazepines with no additional fused rings is 1. The SMILES string of the molecule is NC=CC=Nc1ccc(-c2nc(NC3N=C(c4ccccc4)c4ccccc4NC3=O)n[nH]2)cc1. The van der Waals surface area contributed by atoms with Gasteiger partial charge in [-0.25, -0.2) is 4.99 Å². The summed E-state index contributed by atoms with van der Waals surface area (Å²) in [5, 5.41) is 13.1. The van der Waals surface area contributed by atoms with Crippen LogP contribution in [0.1, 0.15) is 11.1 Å². The molecule has 1 unspecified atom stereocenters. The summed E-state index contributed by atoms with van der Waals surface area (Å²) < 4.78 is 0. The molecule has 172 valence electrons. The molecule has 2 heterocycles. The summed E-state index contributed by atoms with van der Waals surface area (Å²) in [6.45, 7) is 0. The molecule has 1 aliphatic rings. The Bertz CT molecular complexity index is 1420. The zero-order chi connectivity index (χ0) is 24.0. The largest absolute Gasteiger partial charge is 0.405 e. The predicted octanol–water partition coefficient (Wildman–Crippen LogP) is 3.87. The number of rotatable bonds is 6. The molecule has 1 aliphatic heterocycles. The minimum absolute atomic E-state index is 0.262. The monoisotopic (exact) mass is 462 g/mol. The molecular weight excluding hydrogens is 440 g/mol. The van der Waals surface area contributed by atoms with Gasteiger partial charge in [0.15, 0.2) is 5.82 Å². The first-order chi connectivity index (χ1) is 17.2. The molecule has 4 aromatic rings. The van der Waals surface area contributed by atoms with Gasteiger partial charge in [-0.15, -0.1) is 5.10 Å². The van der Waals surface area contributed by atoms with Crippen molar-refractivity contribution < 1.29 is 4.79 Å². The Morgan fingerprint density at radius 3 is 2.51 bits per heavy atom. The first-order valence-electron chi connectivity index (χ1n) is 10.9. The molecule has 0 bridgehead atoms. The van der Waals surface area contributed by atoms with E-state index in [4.69, 9.17) is 10.7 Å². The number of hydrogen-bond donors (Lipinski definition) is 4. The summed E-state index contributed by atoms with van der Waals surface area (Å²) in [7, 11) is 0. The van der Waals surface area contributed by atoms with Gasteiger partial charge in [0.2, 0.25) is 12.1 Å². The summed E-state index contributed by atoms with van der Waals surface area (Å²) in [5.41, 5.74) is 10.1. The van der Waals surface area contributed by atoms with Crippen LogP contribution in [0.3, 0.4) is 0 Å². The number of anilines is 2. The molecule has 5 N–H and O–H groups in total. The Morgan fingerprint density at radius 2 is 1.71 bits per heavy atom. The summed E-state index contributed by atoms with van der Waals surface area (Å²) in [4.78, 5) is 26.5. The van der Waals surface area contributed by atoms with Crippen molar-refractivity contribution in [2.45, 2.75) is 6.17 Å². The van der Waals surface area contributed by atoms with Crippen LogP contribution in [0, 0.1) is 0 Å². The number of amides is 1. The van der Waals surface area contributed by atoms with Gasteiger partial charge < -0.3 is 16.4 Å². The van der Waals surface area contributed by atoms with Crippen LogP contribution >= 0.6 is 0 Å². The van der Waals surface area contributed by atoms with Gasteiger partial charge >= 0.3 is 0 Å². The van der Waals surface area contributed by atoms with Crippen LogP contribution in [0.5, 0.6) is 0 Å². The Labute approximate surface area is 201 Å². The molecular formula is C26H22N8O. The molecule has 0 aliphatic carbocycles. The molecule has 0 fully saturated rings. The van der Waals surface area contributed by atoms with Crippen molar-refractivity contribution in [3.8, 4) is 11.4 Å². The number of H-pyrrole nitrogens is 1. The third kappa shape index (κ3) is 4.83. The molecule has 1 atom stereocenters. The molecule has 3 aromatic carbocycles. The van der Waals surface area contributed by atoms with Crippen LogP contribution in [-0.2, 0) is 4.79 Å². The standard InChI is InChI=1S/C26H22N8O/c27-15-6-16-28-19-13-11-18(12-14-19)23-31-26(34-33-23)32-24-25(35)29-21-10-5-4-9-20(21)22(30-24)17-7-2-1-3-8-17/h1-16,24H,27H2,(H,29,35)(H2,31,32,33,34). The Kier molecular flexibility index (Phi) is 6.12. The number of nitrogens with one attached hydrogen (secondary N) is 3. The topological polar surface area (TPSA) is 133 Å². The third-order valence-corrected chi connectivity index (χ3v) is 5.31. The van der Waals surface area contributed by atoms with Crippen LogP contribution in [-0.4, -0.2) is 39.2 Å². The number of aromatic amines is 1. The molecule has 0 saturated carbocycles. The van der Waals surface area contributed by atoms with E-state index in [2.05, 4.69) is 30.8 Å². The van der Waals surface area contributed by atoms with E-state index >= 15 is 0 Å². The van der Waals surface area contributed by atoms with E-state index in [1.165, 1.54) is 6.20 Å². The Hall–Kier alpha value is -5.05. The number of aliphatic imine (C=N–C) groups is 2. The average Bonchev–Trinajstić information content (AvgIpc) is 3.31. The fraction of sp³-hybridized carbons (Fsp3) is 0.0385. The molecule has 1 aromatic heterocycles. The highest BCUT2D eigenvalue weighted by atomic mass is 16.2. The van der Waals surface area contributed by atoms with Crippen molar-refractivity contribution in [2.75, 3.05) is 10.6 Å². The predicted molar refractivity (Wildman–Crippen MR) is 138 cm³/mol. The molecule has 9 nitrogen and oxygen atoms in total. The minimum atomic E-state index is -0.923. The highest BCUT2D eigenvalue weighted by molar-refractivity contribution is 6.19. The maximum absolute atomic E-state index is 13.0. The highest BCUT2D eigenvalue weighted by Crippen LogP contribution is 2.25. The van der Waals surface area contributed by atoms with Gasteiger partial charge in [-0.05, 0) is 42.6 Å². The lowest BCUT2D eigenvalue weighted by molar-refractivity contribution is -0.116. The minimum Gasteiger partial charge on any atom is -0.405 e. The second-order valence-corrected chi connectivity index (χ2v) is 7.64. The van der Waals surface area contributed by atoms with Gasteiger partial charge in [0, 0.05) is 22.9 Å². The number of aromatic nitrogens is 3. The molecule has 1 amide bonds. The number of fused-ring (bicyclic) bond motifs is 1. The molecule has 35 heavy (non-hydrogen) atoms. The number of benzene rings is 3. The van der Waals surface area contributed by atoms with E-state index in [1.807, 2.05) is 78.9 Å². The van der Waals surface area contributed by atoms with Gasteiger partial charge in [-0.2, -0.15) is 4.98 Å². The van der Waals surface area contributed by atoms with Crippen LogP contribution in [0.25, 0.3) is 11.4 Å². The molecule has 0 radical (unpaired) electrons. The van der Waals surface area contributed by atoms with Gasteiger partial charge in [-0.3, -0.25) is 14.9 Å². The fourth-order valence-corrected chi connectivity index (χ4v) is 3.64. The smallest absolute Gasteiger partial charge is 0.269 e. The van der Waals surface area contributed by atoms with E-state index in [1.54, 1.807) is 12.3 Å². The first-order valence-corrected chi connectivity index (χ1v) is 10.9. The normalized spacial score (nSPS) is 15.5. The average molecular weight is 463 g/mol. The number of nitrogens with two attached hydrogens (primary N) is 1. The van der Waals surface area contributed by atoms with E-state index < -0.39 is 6.17 Å². The number of carbonyl (C=O) groups excluding carboxylic acids is 1. The maximum atomic E-state index is 13.0. The lowest BCUT2D eigenvalue weighted by atomic mass is 10.0. The number of hydrogen-bond acceptors (Lipinski definition) is 7. The second-order valence-electron chi connectivity index (χ2n) is 7.64. The zero-order valence-electron chi connectivity index (χ0n) is 18.6. The molecule has 0 saturated heterocycles. The van der Waals surface area contributed by atoms with E-state index in [0.29, 0.717) is 17.2 Å². The van der Waals surface area contributed by atoms with Crippen LogP contribution in [0.4, 0.5) is 17.3 Å². The van der Waals surface area contributed by atoms with Crippen molar-refractivity contribution in [1.29, 1.82) is 0 Å². The summed E-state index contributed by atoms with van der Waals surface area (Å²) >= 11 is 0. The first kappa shape index (κ1) is 21.8. The lowest BCUT2D eigenvalue weighted by Crippen LogP contribution is -2.33. The lowest BCUT2D eigenvalue weighted by Gasteiger charge is -2.11. The van der Waals surface area contributed by atoms with Crippen LogP contribution in [0.2, 0.25) is 0 Å². The molecule has 9 heteroatoms. The highest BCUT2D eigenvalue weighted by Gasteiger charge is 2.26. The van der Waals surface area contributed by atoms with Gasteiger partial charge in [0.25, 0.3) is 5.91 Å². The molecule has 0 spiro atoms. The zero-order valence-corrected chi connectivity index (χ0v) is 18.6. The summed E-state index contributed by atoms with van der Waals surface area (Å²) in [6, 6.07) is 24.8. The van der Waals surface area contributed by atoms with Crippen molar-refractivity contribution in [3.05, 3.63) is 102 Å². The summed E-state index contributed by atoms with van der Waals surface area (Å²) in [6.07, 6.45) is 3.76. The van der Waals surface area contributed by atoms with Gasteiger partial charge in [0.1, 0.15) is 0 Å². The third-order valence-electron chi connectivity index (χ3n) is 5.31. The Morgan fingerprint density at radius 1 is 0.943 bits per heavy atom. The number of para-hydroxylation sites is 1. The van der Waals surface area contributed by atoms with Gasteiger partial charge in [0.05, 0.1) is 17.1 Å². The number of nitrogens with zero attached hydrogens (tertiary/aromatic N) is 4. The van der Waals surface area contributed by atoms with Crippen LogP contribution in [0.15, 0.2) is 101 Å². The van der Waals surface area contributed by atoms with Crippen molar-refractivity contribution in [1.82, 2.24) is 15.2 Å². The van der Waals surface area contributed by atoms with Crippen molar-refractivity contribution >= 4 is 35.2 Å². The maximum Gasteiger partial charge on any atom is 0.269 e. The van der Waals surface area contributed by atoms with Gasteiger partial charge in [-0.1, -0.05) is 48.5 Å². The van der Waals surface area contributed by atoms with E-state index in [-0.39, 0.29) is 11.9 Å².